The van der Waals surface area contributed by atoms with Crippen LogP contribution in [-0.4, -0.2) is 46.9 Å². The van der Waals surface area contributed by atoms with Crippen LogP contribution in [0.25, 0.3) is 0 Å². The van der Waals surface area contributed by atoms with E-state index in [9.17, 15) is 19.8 Å². The molecule has 0 fully saturated rings. The third-order valence-electron chi connectivity index (χ3n) is 10.2. The second-order valence-electron chi connectivity index (χ2n) is 15.8. The molecule has 0 radical (unpaired) electrons. The summed E-state index contributed by atoms with van der Waals surface area (Å²) in [5.41, 5.74) is 0. The number of unbranched alkanes of at least 4 members (excludes halogenated alkanes) is 16. The van der Waals surface area contributed by atoms with Crippen LogP contribution in [0.15, 0.2) is 85.1 Å². The molecule has 0 aliphatic rings. The number of aliphatic hydroxyl groups is 2. The maximum absolute atomic E-state index is 13.1. The minimum absolute atomic E-state index is 0.0368. The second-order valence-corrected chi connectivity index (χ2v) is 15.8. The van der Waals surface area contributed by atoms with E-state index in [4.69, 9.17) is 4.74 Å². The van der Waals surface area contributed by atoms with Gasteiger partial charge < -0.3 is 20.3 Å². The molecule has 332 valence electrons. The third-order valence-corrected chi connectivity index (χ3v) is 10.2. The third kappa shape index (κ3) is 39.8. The summed E-state index contributed by atoms with van der Waals surface area (Å²) in [4.78, 5) is 26.0. The van der Waals surface area contributed by atoms with E-state index in [0.717, 1.165) is 96.3 Å². The summed E-state index contributed by atoms with van der Waals surface area (Å²) in [6, 6.07) is -0.722. The predicted molar refractivity (Wildman–Crippen MR) is 250 cm³/mol. The Morgan fingerprint density at radius 3 is 1.53 bits per heavy atom. The molecule has 6 heteroatoms. The maximum atomic E-state index is 13.1. The number of esters is 1. The molecule has 0 spiro atoms. The van der Waals surface area contributed by atoms with Gasteiger partial charge in [0.05, 0.1) is 25.2 Å². The van der Waals surface area contributed by atoms with Crippen LogP contribution < -0.4 is 5.32 Å². The van der Waals surface area contributed by atoms with Gasteiger partial charge >= 0.3 is 5.97 Å². The minimum atomic E-state index is -0.805. The van der Waals surface area contributed by atoms with E-state index in [1.54, 1.807) is 0 Å². The molecule has 0 saturated heterocycles. The van der Waals surface area contributed by atoms with Gasteiger partial charge in [-0.05, 0) is 89.9 Å². The topological polar surface area (TPSA) is 95.9 Å². The molecule has 0 rings (SSSR count). The highest BCUT2D eigenvalue weighted by atomic mass is 16.5. The van der Waals surface area contributed by atoms with Crippen LogP contribution in [0.4, 0.5) is 0 Å². The van der Waals surface area contributed by atoms with E-state index in [1.807, 2.05) is 0 Å². The first-order valence-corrected chi connectivity index (χ1v) is 23.8. The van der Waals surface area contributed by atoms with Gasteiger partial charge in [-0.1, -0.05) is 189 Å². The van der Waals surface area contributed by atoms with Gasteiger partial charge in [-0.15, -0.1) is 0 Å². The van der Waals surface area contributed by atoms with Crippen molar-refractivity contribution in [2.24, 2.45) is 0 Å². The van der Waals surface area contributed by atoms with Crippen LogP contribution >= 0.6 is 0 Å². The first-order valence-electron chi connectivity index (χ1n) is 23.8. The highest BCUT2D eigenvalue weighted by Gasteiger charge is 2.24. The largest absolute Gasteiger partial charge is 0.462 e. The zero-order valence-corrected chi connectivity index (χ0v) is 37.6. The monoisotopic (exact) mass is 808 g/mol. The van der Waals surface area contributed by atoms with E-state index in [1.165, 1.54) is 57.8 Å². The fourth-order valence-corrected chi connectivity index (χ4v) is 6.63. The number of aliphatic hydroxyl groups excluding tert-OH is 2. The van der Waals surface area contributed by atoms with Gasteiger partial charge in [0.25, 0.3) is 0 Å². The average molecular weight is 808 g/mol. The predicted octanol–water partition coefficient (Wildman–Crippen LogP) is 14.0. The number of hydrogen-bond acceptors (Lipinski definition) is 5. The van der Waals surface area contributed by atoms with Crippen LogP contribution in [0.1, 0.15) is 207 Å². The zero-order valence-electron chi connectivity index (χ0n) is 37.6. The molecule has 0 aromatic rings. The van der Waals surface area contributed by atoms with E-state index in [-0.39, 0.29) is 24.9 Å². The molecule has 0 aliphatic heterocycles. The molecule has 1 amide bonds. The second kappa shape index (κ2) is 45.1. The Bertz CT molecular complexity index is 1130. The zero-order chi connectivity index (χ0) is 42.4. The molecule has 0 aromatic heterocycles. The molecule has 3 unspecified atom stereocenters. The van der Waals surface area contributed by atoms with Crippen molar-refractivity contribution in [2.45, 2.75) is 225 Å². The Morgan fingerprint density at radius 2 is 0.983 bits per heavy atom. The lowest BCUT2D eigenvalue weighted by molar-refractivity contribution is -0.151. The Balaban J connectivity index is 4.74. The number of carbonyl (C=O) groups is 2. The molecule has 0 heterocycles. The molecule has 58 heavy (non-hydrogen) atoms. The molecular formula is C52H89NO5. The number of rotatable bonds is 41. The summed E-state index contributed by atoms with van der Waals surface area (Å²) >= 11 is 0. The highest BCUT2D eigenvalue weighted by Crippen LogP contribution is 2.16. The van der Waals surface area contributed by atoms with Gasteiger partial charge in [-0.25, -0.2) is 0 Å². The lowest BCUT2D eigenvalue weighted by Gasteiger charge is -2.24. The normalized spacial score (nSPS) is 14.1. The summed E-state index contributed by atoms with van der Waals surface area (Å²) in [5.74, 6) is -0.572. The Kier molecular flexibility index (Phi) is 42.8. The molecule has 0 aromatic carbocycles. The summed E-state index contributed by atoms with van der Waals surface area (Å²) in [7, 11) is 0. The van der Waals surface area contributed by atoms with E-state index in [2.05, 4.69) is 111 Å². The van der Waals surface area contributed by atoms with Crippen molar-refractivity contribution in [2.75, 3.05) is 6.61 Å². The van der Waals surface area contributed by atoms with Crippen molar-refractivity contribution in [1.29, 1.82) is 0 Å². The van der Waals surface area contributed by atoms with Gasteiger partial charge in [0.1, 0.15) is 6.10 Å². The minimum Gasteiger partial charge on any atom is -0.462 e. The molecule has 3 atom stereocenters. The van der Waals surface area contributed by atoms with Gasteiger partial charge in [-0.3, -0.25) is 9.59 Å². The molecular weight excluding hydrogens is 719 g/mol. The summed E-state index contributed by atoms with van der Waals surface area (Å²) in [6.07, 6.45) is 57.9. The summed E-state index contributed by atoms with van der Waals surface area (Å²) in [6.45, 7) is 6.28. The van der Waals surface area contributed by atoms with E-state index in [0.29, 0.717) is 25.7 Å². The molecule has 6 nitrogen and oxygen atoms in total. The van der Waals surface area contributed by atoms with Crippen molar-refractivity contribution >= 4 is 11.9 Å². The van der Waals surface area contributed by atoms with Gasteiger partial charge in [-0.2, -0.15) is 0 Å². The van der Waals surface area contributed by atoms with Crippen molar-refractivity contribution in [1.82, 2.24) is 5.32 Å². The standard InChI is InChI=1S/C52H89NO5/c1-4-7-10-13-16-19-21-23-24-25-26-28-30-33-36-39-42-45-52(57)58-48(43-40-37-34-32-29-27-22-20-17-14-11-8-5-2)46-51(56)53-49(47-54)50(55)44-41-38-35-31-18-15-12-9-6-3/h7,10,16-17,19-20,22-24,26-28,33,36,48-50,54-55H,4-6,8-9,11-15,18,21,25,29-32,34-35,37-47H2,1-3H3,(H,53,56)/b10-7-,19-16-,20-17+,24-23-,27-22+,28-26-,36-33-. The molecule has 0 aliphatic carbocycles. The van der Waals surface area contributed by atoms with Crippen molar-refractivity contribution in [3.05, 3.63) is 85.1 Å². The number of ether oxygens (including phenoxy) is 1. The average Bonchev–Trinajstić information content (AvgIpc) is 3.22. The van der Waals surface area contributed by atoms with Crippen molar-refractivity contribution in [3.8, 4) is 0 Å². The maximum Gasteiger partial charge on any atom is 0.306 e. The number of nitrogens with one attached hydrogen (secondary N) is 1. The number of hydrogen-bond donors (Lipinski definition) is 3. The van der Waals surface area contributed by atoms with Gasteiger partial charge in [0.2, 0.25) is 5.91 Å². The lowest BCUT2D eigenvalue weighted by Crippen LogP contribution is -2.46. The van der Waals surface area contributed by atoms with E-state index < -0.39 is 18.2 Å². The lowest BCUT2D eigenvalue weighted by atomic mass is 10.0. The van der Waals surface area contributed by atoms with Crippen LogP contribution in [-0.2, 0) is 14.3 Å². The van der Waals surface area contributed by atoms with Gasteiger partial charge in [0.15, 0.2) is 0 Å². The SMILES string of the molecule is CC/C=C\C/C=C\C/C=C\C/C=C\C/C=C\CCCC(=O)OC(CCCCCC/C=C/C=C/CCCCC)CC(=O)NC(CO)C(O)CCCCCCCCCCC. The Hall–Kier alpha value is -2.96. The summed E-state index contributed by atoms with van der Waals surface area (Å²) in [5, 5.41) is 23.6. The fourth-order valence-electron chi connectivity index (χ4n) is 6.63. The molecule has 0 saturated carbocycles. The van der Waals surface area contributed by atoms with Gasteiger partial charge in [0, 0.05) is 6.42 Å². The Morgan fingerprint density at radius 1 is 0.534 bits per heavy atom. The molecule has 0 bridgehead atoms. The van der Waals surface area contributed by atoms with E-state index >= 15 is 0 Å². The number of carbonyl (C=O) groups excluding carboxylic acids is 2. The summed E-state index contributed by atoms with van der Waals surface area (Å²) < 4.78 is 5.87. The fraction of sp³-hybridized carbons (Fsp3) is 0.692. The molecule has 3 N–H and O–H groups in total. The van der Waals surface area contributed by atoms with Crippen LogP contribution in [0, 0.1) is 0 Å². The van der Waals surface area contributed by atoms with Crippen molar-refractivity contribution < 1.29 is 24.5 Å². The number of amides is 1. The number of allylic oxidation sites excluding steroid dienone is 14. The first-order chi connectivity index (χ1) is 28.5. The first kappa shape index (κ1) is 55.0. The van der Waals surface area contributed by atoms with Crippen LogP contribution in [0.3, 0.4) is 0 Å². The quantitative estimate of drug-likeness (QED) is 0.0247. The van der Waals surface area contributed by atoms with Crippen molar-refractivity contribution in [3.63, 3.8) is 0 Å². The Labute approximate surface area is 357 Å². The highest BCUT2D eigenvalue weighted by molar-refractivity contribution is 5.77. The smallest absolute Gasteiger partial charge is 0.306 e. The van der Waals surface area contributed by atoms with Crippen LogP contribution in [0.2, 0.25) is 0 Å². The van der Waals surface area contributed by atoms with Crippen LogP contribution in [0.5, 0.6) is 0 Å².